The zero-order valence-corrected chi connectivity index (χ0v) is 16.8. The molecule has 2 N–H and O–H groups in total. The molecule has 148 valence electrons. The Balaban J connectivity index is 2.00. The van der Waals surface area contributed by atoms with Gasteiger partial charge in [-0.1, -0.05) is 28.1 Å². The van der Waals surface area contributed by atoms with Crippen LogP contribution in [0.15, 0.2) is 52.0 Å². The van der Waals surface area contributed by atoms with Gasteiger partial charge in [-0.05, 0) is 37.3 Å². The fourth-order valence-corrected chi connectivity index (χ4v) is 2.44. The van der Waals surface area contributed by atoms with Crippen molar-refractivity contribution < 1.29 is 28.9 Å². The summed E-state index contributed by atoms with van der Waals surface area (Å²) >= 11 is 3.32. The van der Waals surface area contributed by atoms with Gasteiger partial charge in [0, 0.05) is 10.0 Å². The minimum absolute atomic E-state index is 0.211. The highest BCUT2D eigenvalue weighted by atomic mass is 79.9. The van der Waals surface area contributed by atoms with Gasteiger partial charge in [0.1, 0.15) is 5.75 Å². The van der Waals surface area contributed by atoms with E-state index in [-0.39, 0.29) is 12.4 Å². The third-order valence-corrected chi connectivity index (χ3v) is 3.92. The third kappa shape index (κ3) is 6.27. The van der Waals surface area contributed by atoms with Gasteiger partial charge in [-0.25, -0.2) is 10.2 Å². The number of nitrogens with one attached hydrogen (secondary N) is 1. The molecule has 0 aliphatic rings. The summed E-state index contributed by atoms with van der Waals surface area (Å²) in [6.07, 6.45) is 0.250. The van der Waals surface area contributed by atoms with Crippen molar-refractivity contribution in [2.75, 3.05) is 13.7 Å². The predicted octanol–water partition coefficient (Wildman–Crippen LogP) is 2.84. The number of carbonyl (C=O) groups is 2. The van der Waals surface area contributed by atoms with Crippen molar-refractivity contribution in [1.29, 1.82) is 0 Å². The van der Waals surface area contributed by atoms with Gasteiger partial charge in [0.25, 0.3) is 5.91 Å². The number of benzene rings is 2. The highest BCUT2D eigenvalue weighted by Crippen LogP contribution is 2.31. The molecule has 1 atom stereocenters. The number of carboxylic acid groups (broad SMARTS) is 1. The molecule has 0 saturated carbocycles. The van der Waals surface area contributed by atoms with Gasteiger partial charge in [-0.15, -0.1) is 0 Å². The number of halogens is 1. The minimum Gasteiger partial charge on any atom is -0.493 e. The molecule has 1 amide bonds. The molecule has 0 aromatic heterocycles. The zero-order valence-electron chi connectivity index (χ0n) is 15.2. The SMILES string of the molecule is COc1cccc(/C=N/NC(=O)COc2cccc(Br)c2)c1O[C@@H](C)C(=O)O. The Morgan fingerprint density at radius 3 is 2.71 bits per heavy atom. The Bertz CT molecular complexity index is 871. The van der Waals surface area contributed by atoms with Crippen molar-refractivity contribution in [3.8, 4) is 17.2 Å². The molecule has 0 saturated heterocycles. The second-order valence-electron chi connectivity index (χ2n) is 5.52. The van der Waals surface area contributed by atoms with Gasteiger partial charge in [0.2, 0.25) is 0 Å². The van der Waals surface area contributed by atoms with Crippen LogP contribution in [0.1, 0.15) is 12.5 Å². The molecule has 28 heavy (non-hydrogen) atoms. The van der Waals surface area contributed by atoms with Gasteiger partial charge in [0.15, 0.2) is 24.2 Å². The number of nitrogens with zero attached hydrogens (tertiary/aromatic N) is 1. The maximum Gasteiger partial charge on any atom is 0.344 e. The van der Waals surface area contributed by atoms with Gasteiger partial charge in [0.05, 0.1) is 13.3 Å². The van der Waals surface area contributed by atoms with Crippen LogP contribution in [0.4, 0.5) is 0 Å². The Morgan fingerprint density at radius 1 is 1.29 bits per heavy atom. The van der Waals surface area contributed by atoms with E-state index >= 15 is 0 Å². The van der Waals surface area contributed by atoms with Crippen LogP contribution in [0.3, 0.4) is 0 Å². The maximum atomic E-state index is 11.9. The van der Waals surface area contributed by atoms with E-state index in [1.54, 1.807) is 36.4 Å². The molecule has 0 aliphatic heterocycles. The second kappa shape index (κ2) is 10.3. The molecule has 0 fully saturated rings. The van der Waals surface area contributed by atoms with Gasteiger partial charge < -0.3 is 19.3 Å². The summed E-state index contributed by atoms with van der Waals surface area (Å²) in [7, 11) is 1.44. The molecule has 8 nitrogen and oxygen atoms in total. The summed E-state index contributed by atoms with van der Waals surface area (Å²) < 4.78 is 16.8. The number of hydrazone groups is 1. The largest absolute Gasteiger partial charge is 0.493 e. The molecule has 2 aromatic rings. The Labute approximate surface area is 170 Å². The fraction of sp³-hybridized carbons (Fsp3) is 0.211. The number of aliphatic carboxylic acids is 1. The quantitative estimate of drug-likeness (QED) is 0.449. The molecular formula is C19H19BrN2O6. The standard InChI is InChI=1S/C19H19BrN2O6/c1-12(19(24)25)28-18-13(5-3-8-16(18)26-2)10-21-22-17(23)11-27-15-7-4-6-14(20)9-15/h3-10,12H,11H2,1-2H3,(H,22,23)(H,24,25)/b21-10+/t12-/m0/s1. The average molecular weight is 451 g/mol. The van der Waals surface area contributed by atoms with Crippen LogP contribution in [-0.4, -0.2) is 43.0 Å². The Hall–Kier alpha value is -3.07. The monoisotopic (exact) mass is 450 g/mol. The number of ether oxygens (including phenoxy) is 3. The van der Waals surface area contributed by atoms with Crippen LogP contribution in [0.25, 0.3) is 0 Å². The highest BCUT2D eigenvalue weighted by molar-refractivity contribution is 9.10. The lowest BCUT2D eigenvalue weighted by Gasteiger charge is -2.15. The first-order valence-electron chi connectivity index (χ1n) is 8.17. The molecule has 2 rings (SSSR count). The van der Waals surface area contributed by atoms with E-state index in [2.05, 4.69) is 26.5 Å². The van der Waals surface area contributed by atoms with Crippen LogP contribution in [-0.2, 0) is 9.59 Å². The highest BCUT2D eigenvalue weighted by Gasteiger charge is 2.18. The lowest BCUT2D eigenvalue weighted by molar-refractivity contribution is -0.144. The van der Waals surface area contributed by atoms with Crippen LogP contribution in [0, 0.1) is 0 Å². The summed E-state index contributed by atoms with van der Waals surface area (Å²) in [5.74, 6) is -0.475. The van der Waals surface area contributed by atoms with Crippen molar-refractivity contribution in [3.63, 3.8) is 0 Å². The van der Waals surface area contributed by atoms with E-state index in [1.807, 2.05) is 6.07 Å². The summed E-state index contributed by atoms with van der Waals surface area (Å²) in [5.41, 5.74) is 2.78. The first-order valence-corrected chi connectivity index (χ1v) is 8.96. The maximum absolute atomic E-state index is 11.9. The van der Waals surface area contributed by atoms with Crippen molar-refractivity contribution in [1.82, 2.24) is 5.43 Å². The van der Waals surface area contributed by atoms with E-state index in [9.17, 15) is 9.59 Å². The van der Waals surface area contributed by atoms with Crippen molar-refractivity contribution >= 4 is 34.0 Å². The molecule has 9 heteroatoms. The number of carbonyl (C=O) groups excluding carboxylic acids is 1. The topological polar surface area (TPSA) is 106 Å². The van der Waals surface area contributed by atoms with Crippen LogP contribution in [0.5, 0.6) is 17.2 Å². The molecule has 0 unspecified atom stereocenters. The van der Waals surface area contributed by atoms with Crippen molar-refractivity contribution in [2.24, 2.45) is 5.10 Å². The van der Waals surface area contributed by atoms with Crippen molar-refractivity contribution in [2.45, 2.75) is 13.0 Å². The predicted molar refractivity (Wildman–Crippen MR) is 106 cm³/mol. The fourth-order valence-electron chi connectivity index (χ4n) is 2.06. The minimum atomic E-state index is -1.12. The van der Waals surface area contributed by atoms with Crippen LogP contribution in [0.2, 0.25) is 0 Å². The Kier molecular flexibility index (Phi) is 7.82. The van der Waals surface area contributed by atoms with Crippen molar-refractivity contribution in [3.05, 3.63) is 52.5 Å². The third-order valence-electron chi connectivity index (χ3n) is 3.43. The number of methoxy groups -OCH3 is 1. The normalized spacial score (nSPS) is 11.7. The van der Waals surface area contributed by atoms with E-state index in [0.717, 1.165) is 4.47 Å². The molecule has 0 aliphatic carbocycles. The first-order chi connectivity index (χ1) is 13.4. The molecule has 0 spiro atoms. The first kappa shape index (κ1) is 21.2. The van der Waals surface area contributed by atoms with Gasteiger partial charge >= 0.3 is 5.97 Å². The van der Waals surface area contributed by atoms with E-state index < -0.39 is 18.0 Å². The average Bonchev–Trinajstić information content (AvgIpc) is 2.67. The summed E-state index contributed by atoms with van der Waals surface area (Å²) in [6.45, 7) is 1.18. The lowest BCUT2D eigenvalue weighted by Crippen LogP contribution is -2.25. The van der Waals surface area contributed by atoms with E-state index in [0.29, 0.717) is 17.1 Å². The van der Waals surface area contributed by atoms with Gasteiger partial charge in [-0.2, -0.15) is 5.10 Å². The Morgan fingerprint density at radius 2 is 2.04 bits per heavy atom. The number of hydrogen-bond donors (Lipinski definition) is 2. The molecule has 2 aromatic carbocycles. The van der Waals surface area contributed by atoms with E-state index in [1.165, 1.54) is 20.2 Å². The number of carboxylic acids is 1. The van der Waals surface area contributed by atoms with E-state index in [4.69, 9.17) is 19.3 Å². The summed E-state index contributed by atoms with van der Waals surface area (Å²) in [4.78, 5) is 22.9. The number of hydrogen-bond acceptors (Lipinski definition) is 6. The number of rotatable bonds is 9. The molecule has 0 radical (unpaired) electrons. The summed E-state index contributed by atoms with van der Waals surface area (Å²) in [5, 5.41) is 12.9. The smallest absolute Gasteiger partial charge is 0.344 e. The zero-order chi connectivity index (χ0) is 20.5. The lowest BCUT2D eigenvalue weighted by atomic mass is 10.2. The summed E-state index contributed by atoms with van der Waals surface area (Å²) in [6, 6.07) is 12.1. The van der Waals surface area contributed by atoms with Gasteiger partial charge in [-0.3, -0.25) is 4.79 Å². The molecule has 0 bridgehead atoms. The second-order valence-corrected chi connectivity index (χ2v) is 6.43. The number of para-hydroxylation sites is 1. The van der Waals surface area contributed by atoms with Crippen LogP contribution < -0.4 is 19.6 Å². The molecular weight excluding hydrogens is 432 g/mol. The van der Waals surface area contributed by atoms with Crippen LogP contribution >= 0.6 is 15.9 Å². The molecule has 0 heterocycles. The number of amides is 1.